The molecule has 0 spiro atoms. The summed E-state index contributed by atoms with van der Waals surface area (Å²) in [7, 11) is 0. The normalized spacial score (nSPS) is 10.2. The van der Waals surface area contributed by atoms with Crippen molar-refractivity contribution >= 4 is 0 Å². The van der Waals surface area contributed by atoms with E-state index < -0.39 is 0 Å². The molecule has 0 radical (unpaired) electrons. The van der Waals surface area contributed by atoms with Crippen molar-refractivity contribution in [1.29, 1.82) is 0 Å². The second-order valence-electron chi connectivity index (χ2n) is 2.85. The molecule has 1 rings (SSSR count). The predicted octanol–water partition coefficient (Wildman–Crippen LogP) is 1.31. The van der Waals surface area contributed by atoms with Gasteiger partial charge < -0.3 is 5.73 Å². The van der Waals surface area contributed by atoms with Crippen molar-refractivity contribution in [3.63, 3.8) is 0 Å². The number of hydrogen-bond acceptors (Lipinski definition) is 2. The van der Waals surface area contributed by atoms with E-state index in [1.165, 1.54) is 5.57 Å². The molecule has 3 nitrogen and oxygen atoms in total. The Labute approximate surface area is 72.9 Å². The largest absolute Gasteiger partial charge is 0.326 e. The third kappa shape index (κ3) is 2.20. The fourth-order valence-corrected chi connectivity index (χ4v) is 0.939. The third-order valence-corrected chi connectivity index (χ3v) is 1.81. The summed E-state index contributed by atoms with van der Waals surface area (Å²) in [5.41, 5.74) is 7.70. The molecule has 0 saturated heterocycles. The Morgan fingerprint density at radius 1 is 1.75 bits per heavy atom. The fraction of sp³-hybridized carbons (Fsp3) is 0.444. The average molecular weight is 165 g/mol. The quantitative estimate of drug-likeness (QED) is 0.683. The Bertz CT molecular complexity index is 262. The van der Waals surface area contributed by atoms with Gasteiger partial charge in [0, 0.05) is 18.3 Å². The van der Waals surface area contributed by atoms with Crippen LogP contribution in [0.25, 0.3) is 0 Å². The standard InChI is InChI=1S/C9H15N3/c1-3-8(2)6-12-7-9(4-10)5-11-12/h5,7H,2-4,6,10H2,1H3. The van der Waals surface area contributed by atoms with Gasteiger partial charge in [-0.3, -0.25) is 4.68 Å². The molecule has 0 aliphatic carbocycles. The highest BCUT2D eigenvalue weighted by molar-refractivity contribution is 5.04. The molecule has 0 fully saturated rings. The summed E-state index contributed by atoms with van der Waals surface area (Å²) >= 11 is 0. The number of nitrogens with two attached hydrogens (primary N) is 1. The van der Waals surface area contributed by atoms with Crippen LogP contribution >= 0.6 is 0 Å². The summed E-state index contributed by atoms with van der Waals surface area (Å²) in [6.45, 7) is 7.36. The summed E-state index contributed by atoms with van der Waals surface area (Å²) in [5.74, 6) is 0. The summed E-state index contributed by atoms with van der Waals surface area (Å²) in [6.07, 6.45) is 4.75. The minimum atomic E-state index is 0.554. The van der Waals surface area contributed by atoms with Crippen LogP contribution in [0.15, 0.2) is 24.5 Å². The van der Waals surface area contributed by atoms with E-state index in [4.69, 9.17) is 5.73 Å². The molecule has 0 aromatic carbocycles. The van der Waals surface area contributed by atoms with Gasteiger partial charge in [0.1, 0.15) is 0 Å². The minimum Gasteiger partial charge on any atom is -0.326 e. The van der Waals surface area contributed by atoms with Crippen LogP contribution in [0, 0.1) is 0 Å². The van der Waals surface area contributed by atoms with E-state index in [-0.39, 0.29) is 0 Å². The Kier molecular flexibility index (Phi) is 3.05. The van der Waals surface area contributed by atoms with Gasteiger partial charge in [-0.2, -0.15) is 5.10 Å². The number of aromatic nitrogens is 2. The molecule has 0 aliphatic rings. The third-order valence-electron chi connectivity index (χ3n) is 1.81. The van der Waals surface area contributed by atoms with Gasteiger partial charge in [-0.05, 0) is 6.42 Å². The molecule has 1 heterocycles. The van der Waals surface area contributed by atoms with Crippen LogP contribution in [0.3, 0.4) is 0 Å². The maximum absolute atomic E-state index is 5.45. The van der Waals surface area contributed by atoms with Gasteiger partial charge in [0.25, 0.3) is 0 Å². The summed E-state index contributed by atoms with van der Waals surface area (Å²) in [5, 5.41) is 4.15. The Morgan fingerprint density at radius 2 is 2.50 bits per heavy atom. The molecular formula is C9H15N3. The van der Waals surface area contributed by atoms with Crippen molar-refractivity contribution in [1.82, 2.24) is 9.78 Å². The van der Waals surface area contributed by atoms with E-state index in [1.54, 1.807) is 6.20 Å². The molecule has 1 aromatic heterocycles. The molecule has 66 valence electrons. The topological polar surface area (TPSA) is 43.8 Å². The smallest absolute Gasteiger partial charge is 0.0616 e. The van der Waals surface area contributed by atoms with Gasteiger partial charge in [0.2, 0.25) is 0 Å². The lowest BCUT2D eigenvalue weighted by Crippen LogP contribution is -2.00. The van der Waals surface area contributed by atoms with Gasteiger partial charge in [-0.25, -0.2) is 0 Å². The van der Waals surface area contributed by atoms with Gasteiger partial charge in [-0.1, -0.05) is 19.1 Å². The Balaban J connectivity index is 2.58. The number of hydrogen-bond donors (Lipinski definition) is 1. The van der Waals surface area contributed by atoms with Gasteiger partial charge in [-0.15, -0.1) is 0 Å². The van der Waals surface area contributed by atoms with E-state index in [9.17, 15) is 0 Å². The van der Waals surface area contributed by atoms with Crippen LogP contribution in [0.4, 0.5) is 0 Å². The highest BCUT2D eigenvalue weighted by Crippen LogP contribution is 2.02. The molecule has 1 aromatic rings. The zero-order valence-electron chi connectivity index (χ0n) is 7.45. The highest BCUT2D eigenvalue weighted by atomic mass is 15.3. The van der Waals surface area contributed by atoms with Crippen molar-refractivity contribution in [2.24, 2.45) is 5.73 Å². The van der Waals surface area contributed by atoms with Gasteiger partial charge >= 0.3 is 0 Å². The Hall–Kier alpha value is -1.09. The second-order valence-corrected chi connectivity index (χ2v) is 2.85. The Morgan fingerprint density at radius 3 is 3.00 bits per heavy atom. The van der Waals surface area contributed by atoms with Crippen LogP contribution in [0.5, 0.6) is 0 Å². The summed E-state index contributed by atoms with van der Waals surface area (Å²) in [6, 6.07) is 0. The van der Waals surface area contributed by atoms with Crippen molar-refractivity contribution in [3.8, 4) is 0 Å². The second kappa shape index (κ2) is 4.07. The first-order valence-corrected chi connectivity index (χ1v) is 4.14. The van der Waals surface area contributed by atoms with Gasteiger partial charge in [0.15, 0.2) is 0 Å². The zero-order valence-corrected chi connectivity index (χ0v) is 7.45. The van der Waals surface area contributed by atoms with Crippen molar-refractivity contribution in [2.45, 2.75) is 26.4 Å². The van der Waals surface area contributed by atoms with E-state index >= 15 is 0 Å². The molecule has 0 saturated carbocycles. The van der Waals surface area contributed by atoms with E-state index in [0.29, 0.717) is 6.54 Å². The maximum atomic E-state index is 5.45. The lowest BCUT2D eigenvalue weighted by atomic mass is 10.2. The average Bonchev–Trinajstić information content (AvgIpc) is 2.52. The molecule has 0 bridgehead atoms. The number of rotatable bonds is 4. The van der Waals surface area contributed by atoms with E-state index in [0.717, 1.165) is 18.5 Å². The molecule has 12 heavy (non-hydrogen) atoms. The SMILES string of the molecule is C=C(CC)Cn1cc(CN)cn1. The molecular weight excluding hydrogens is 150 g/mol. The molecule has 3 heteroatoms. The minimum absolute atomic E-state index is 0.554. The first-order chi connectivity index (χ1) is 5.76. The lowest BCUT2D eigenvalue weighted by Gasteiger charge is -2.01. The van der Waals surface area contributed by atoms with Crippen molar-refractivity contribution in [2.75, 3.05) is 0 Å². The molecule has 0 aliphatic heterocycles. The first kappa shape index (κ1) is 9.00. The van der Waals surface area contributed by atoms with Crippen LogP contribution in [-0.2, 0) is 13.1 Å². The van der Waals surface area contributed by atoms with Crippen LogP contribution < -0.4 is 5.73 Å². The van der Waals surface area contributed by atoms with Crippen LogP contribution in [-0.4, -0.2) is 9.78 Å². The predicted molar refractivity (Wildman–Crippen MR) is 49.5 cm³/mol. The fourth-order valence-electron chi connectivity index (χ4n) is 0.939. The van der Waals surface area contributed by atoms with Crippen molar-refractivity contribution < 1.29 is 0 Å². The summed E-state index contributed by atoms with van der Waals surface area (Å²) < 4.78 is 1.87. The molecule has 0 unspecified atom stereocenters. The number of nitrogens with zero attached hydrogens (tertiary/aromatic N) is 2. The van der Waals surface area contributed by atoms with E-state index in [2.05, 4.69) is 18.6 Å². The van der Waals surface area contributed by atoms with Crippen LogP contribution in [0.2, 0.25) is 0 Å². The molecule has 0 amide bonds. The van der Waals surface area contributed by atoms with Crippen LogP contribution in [0.1, 0.15) is 18.9 Å². The van der Waals surface area contributed by atoms with Crippen molar-refractivity contribution in [3.05, 3.63) is 30.1 Å². The van der Waals surface area contributed by atoms with E-state index in [1.807, 2.05) is 10.9 Å². The monoisotopic (exact) mass is 165 g/mol. The first-order valence-electron chi connectivity index (χ1n) is 4.14. The molecule has 0 atom stereocenters. The summed E-state index contributed by atoms with van der Waals surface area (Å²) in [4.78, 5) is 0. The zero-order chi connectivity index (χ0) is 8.97. The molecule has 2 N–H and O–H groups in total. The highest BCUT2D eigenvalue weighted by Gasteiger charge is 1.96. The lowest BCUT2D eigenvalue weighted by molar-refractivity contribution is 0.664. The number of allylic oxidation sites excluding steroid dienone is 1. The van der Waals surface area contributed by atoms with Gasteiger partial charge in [0.05, 0.1) is 12.7 Å². The maximum Gasteiger partial charge on any atom is 0.0616 e.